The number of halogens is 1. The molecule has 3 heteroatoms. The summed E-state index contributed by atoms with van der Waals surface area (Å²) in [6.07, 6.45) is 0. The average molecular weight is 278 g/mol. The molecule has 0 bridgehead atoms. The third-order valence-corrected chi connectivity index (χ3v) is 4.12. The molecule has 0 heterocycles. The summed E-state index contributed by atoms with van der Waals surface area (Å²) in [7, 11) is 1.98. The van der Waals surface area contributed by atoms with Crippen molar-refractivity contribution < 1.29 is 0 Å². The Labute approximate surface area is 118 Å². The fourth-order valence-electron chi connectivity index (χ4n) is 1.79. The van der Waals surface area contributed by atoms with Crippen LogP contribution in [0.2, 0.25) is 5.02 Å². The van der Waals surface area contributed by atoms with Crippen molar-refractivity contribution in [2.75, 3.05) is 13.6 Å². The highest BCUT2D eigenvalue weighted by Gasteiger charge is 2.12. The number of benzene rings is 2. The van der Waals surface area contributed by atoms with E-state index in [1.54, 1.807) is 0 Å². The summed E-state index contributed by atoms with van der Waals surface area (Å²) in [5.41, 5.74) is 1.33. The fraction of sp³-hybridized carbons (Fsp3) is 0.200. The number of likely N-dealkylation sites (N-methyl/N-ethyl adjacent to an activating group) is 1. The minimum absolute atomic E-state index is 0.398. The molecule has 2 aromatic carbocycles. The third kappa shape index (κ3) is 3.77. The molecule has 94 valence electrons. The molecule has 1 atom stereocenters. The first-order valence-electron chi connectivity index (χ1n) is 5.91. The van der Waals surface area contributed by atoms with Crippen molar-refractivity contribution in [1.29, 1.82) is 0 Å². The van der Waals surface area contributed by atoms with Crippen LogP contribution in [-0.2, 0) is 0 Å². The van der Waals surface area contributed by atoms with E-state index in [1.165, 1.54) is 10.5 Å². The molecule has 0 aliphatic heterocycles. The molecular weight excluding hydrogens is 262 g/mol. The number of thioether (sulfide) groups is 1. The van der Waals surface area contributed by atoms with Crippen molar-refractivity contribution in [3.8, 4) is 0 Å². The lowest BCUT2D eigenvalue weighted by atomic mass is 10.1. The van der Waals surface area contributed by atoms with Crippen LogP contribution in [0.3, 0.4) is 0 Å². The molecule has 0 spiro atoms. The Morgan fingerprint density at radius 1 is 1.11 bits per heavy atom. The van der Waals surface area contributed by atoms with Gasteiger partial charge in [-0.2, -0.15) is 0 Å². The highest BCUT2D eigenvalue weighted by molar-refractivity contribution is 7.99. The van der Waals surface area contributed by atoms with Crippen LogP contribution >= 0.6 is 23.4 Å². The zero-order chi connectivity index (χ0) is 12.8. The monoisotopic (exact) mass is 277 g/mol. The van der Waals surface area contributed by atoms with E-state index < -0.39 is 0 Å². The van der Waals surface area contributed by atoms with Gasteiger partial charge >= 0.3 is 0 Å². The van der Waals surface area contributed by atoms with E-state index in [4.69, 9.17) is 11.6 Å². The molecule has 2 aromatic rings. The van der Waals surface area contributed by atoms with Crippen molar-refractivity contribution in [3.63, 3.8) is 0 Å². The molecule has 1 nitrogen and oxygen atoms in total. The Bertz CT molecular complexity index is 487. The van der Waals surface area contributed by atoms with Gasteiger partial charge in [0.05, 0.1) is 0 Å². The van der Waals surface area contributed by atoms with Gasteiger partial charge in [0.1, 0.15) is 0 Å². The quantitative estimate of drug-likeness (QED) is 0.814. The second kappa shape index (κ2) is 6.83. The summed E-state index contributed by atoms with van der Waals surface area (Å²) in [6, 6.07) is 18.5. The first-order valence-corrected chi connectivity index (χ1v) is 7.17. The maximum atomic E-state index is 6.02. The lowest BCUT2D eigenvalue weighted by Crippen LogP contribution is -2.14. The molecule has 0 saturated heterocycles. The molecular formula is C15H16ClNS. The molecule has 1 unspecified atom stereocenters. The summed E-state index contributed by atoms with van der Waals surface area (Å²) in [5, 5.41) is 4.43. The van der Waals surface area contributed by atoms with Crippen molar-refractivity contribution in [2.24, 2.45) is 0 Å². The van der Waals surface area contributed by atoms with Gasteiger partial charge in [-0.1, -0.05) is 48.0 Å². The van der Waals surface area contributed by atoms with Gasteiger partial charge in [-0.25, -0.2) is 0 Å². The average Bonchev–Trinajstić information content (AvgIpc) is 2.39. The number of nitrogens with one attached hydrogen (secondary N) is 1. The van der Waals surface area contributed by atoms with Crippen LogP contribution in [0.25, 0.3) is 0 Å². The highest BCUT2D eigenvalue weighted by atomic mass is 35.5. The Morgan fingerprint density at radius 3 is 2.56 bits per heavy atom. The predicted octanol–water partition coefficient (Wildman–Crippen LogP) is 4.39. The Hall–Kier alpha value is -0.960. The van der Waals surface area contributed by atoms with E-state index in [-0.39, 0.29) is 0 Å². The smallest absolute Gasteiger partial charge is 0.0468 e. The maximum Gasteiger partial charge on any atom is 0.0468 e. The summed E-state index contributed by atoms with van der Waals surface area (Å²) in [4.78, 5) is 1.20. The van der Waals surface area contributed by atoms with Gasteiger partial charge in [-0.05, 0) is 30.8 Å². The summed E-state index contributed by atoms with van der Waals surface area (Å²) >= 11 is 7.86. The largest absolute Gasteiger partial charge is 0.318 e. The van der Waals surface area contributed by atoms with Crippen molar-refractivity contribution >= 4 is 23.4 Å². The lowest BCUT2D eigenvalue weighted by molar-refractivity contribution is 0.778. The van der Waals surface area contributed by atoms with Crippen LogP contribution in [0, 0.1) is 0 Å². The maximum absolute atomic E-state index is 6.02. The van der Waals surface area contributed by atoms with E-state index >= 15 is 0 Å². The predicted molar refractivity (Wildman–Crippen MR) is 80.4 cm³/mol. The van der Waals surface area contributed by atoms with E-state index in [0.717, 1.165) is 11.6 Å². The molecule has 2 rings (SSSR count). The van der Waals surface area contributed by atoms with Crippen molar-refractivity contribution in [2.45, 2.75) is 10.1 Å². The van der Waals surface area contributed by atoms with E-state index in [1.807, 2.05) is 43.1 Å². The molecule has 0 amide bonds. The summed E-state index contributed by atoms with van der Waals surface area (Å²) in [6.45, 7) is 0.932. The SMILES string of the molecule is CNCC(Sc1cccc(Cl)c1)c1ccccc1. The zero-order valence-electron chi connectivity index (χ0n) is 10.3. The summed E-state index contributed by atoms with van der Waals surface area (Å²) < 4.78 is 0. The molecule has 0 radical (unpaired) electrons. The van der Waals surface area contributed by atoms with E-state index in [0.29, 0.717) is 5.25 Å². The molecule has 0 saturated carbocycles. The minimum atomic E-state index is 0.398. The molecule has 0 aliphatic rings. The van der Waals surface area contributed by atoms with Gasteiger partial charge < -0.3 is 5.32 Å². The van der Waals surface area contributed by atoms with E-state index in [2.05, 4.69) is 35.6 Å². The second-order valence-corrected chi connectivity index (χ2v) is 5.74. The number of hydrogen-bond acceptors (Lipinski definition) is 2. The van der Waals surface area contributed by atoms with Crippen LogP contribution in [0.5, 0.6) is 0 Å². The van der Waals surface area contributed by atoms with Crippen LogP contribution in [-0.4, -0.2) is 13.6 Å². The summed E-state index contributed by atoms with van der Waals surface area (Å²) in [5.74, 6) is 0. The van der Waals surface area contributed by atoms with Crippen molar-refractivity contribution in [1.82, 2.24) is 5.32 Å². The van der Waals surface area contributed by atoms with Crippen LogP contribution in [0.4, 0.5) is 0 Å². The molecule has 1 N–H and O–H groups in total. The molecule has 0 fully saturated rings. The fourth-order valence-corrected chi connectivity index (χ4v) is 3.26. The van der Waals surface area contributed by atoms with Gasteiger partial charge in [-0.3, -0.25) is 0 Å². The van der Waals surface area contributed by atoms with Crippen LogP contribution < -0.4 is 5.32 Å². The topological polar surface area (TPSA) is 12.0 Å². The Balaban J connectivity index is 2.16. The minimum Gasteiger partial charge on any atom is -0.318 e. The third-order valence-electron chi connectivity index (χ3n) is 2.64. The normalized spacial score (nSPS) is 12.3. The first kappa shape index (κ1) is 13.5. The van der Waals surface area contributed by atoms with Gasteiger partial charge in [-0.15, -0.1) is 11.8 Å². The highest BCUT2D eigenvalue weighted by Crippen LogP contribution is 2.35. The van der Waals surface area contributed by atoms with Crippen LogP contribution in [0.1, 0.15) is 10.8 Å². The van der Waals surface area contributed by atoms with Gasteiger partial charge in [0.25, 0.3) is 0 Å². The first-order chi connectivity index (χ1) is 8.79. The standard InChI is InChI=1S/C15H16ClNS/c1-17-11-15(12-6-3-2-4-7-12)18-14-9-5-8-13(16)10-14/h2-10,15,17H,11H2,1H3. The van der Waals surface area contributed by atoms with E-state index in [9.17, 15) is 0 Å². The zero-order valence-corrected chi connectivity index (χ0v) is 11.8. The lowest BCUT2D eigenvalue weighted by Gasteiger charge is -2.16. The van der Waals surface area contributed by atoms with Crippen LogP contribution in [0.15, 0.2) is 59.5 Å². The second-order valence-electron chi connectivity index (χ2n) is 4.03. The Morgan fingerprint density at radius 2 is 1.89 bits per heavy atom. The van der Waals surface area contributed by atoms with Crippen molar-refractivity contribution in [3.05, 3.63) is 65.2 Å². The van der Waals surface area contributed by atoms with Gasteiger partial charge in [0.2, 0.25) is 0 Å². The van der Waals surface area contributed by atoms with Gasteiger partial charge in [0, 0.05) is 21.7 Å². The molecule has 0 aromatic heterocycles. The molecule has 0 aliphatic carbocycles. The molecule has 18 heavy (non-hydrogen) atoms. The van der Waals surface area contributed by atoms with Gasteiger partial charge in [0.15, 0.2) is 0 Å². The Kier molecular flexibility index (Phi) is 5.12. The number of rotatable bonds is 5. The number of hydrogen-bond donors (Lipinski definition) is 1.